The number of benzene rings is 1. The van der Waals surface area contributed by atoms with Crippen molar-refractivity contribution < 1.29 is 13.2 Å². The predicted molar refractivity (Wildman–Crippen MR) is 81.5 cm³/mol. The van der Waals surface area contributed by atoms with Gasteiger partial charge in [0, 0.05) is 26.1 Å². The van der Waals surface area contributed by atoms with Crippen LogP contribution in [0.4, 0.5) is 0 Å². The first-order chi connectivity index (χ1) is 9.78. The maximum Gasteiger partial charge on any atom is 0.240 e. The van der Waals surface area contributed by atoms with E-state index in [9.17, 15) is 13.2 Å². The van der Waals surface area contributed by atoms with Crippen LogP contribution in [0.1, 0.15) is 30.9 Å². The third-order valence-electron chi connectivity index (χ3n) is 3.69. The van der Waals surface area contributed by atoms with E-state index >= 15 is 0 Å². The van der Waals surface area contributed by atoms with E-state index in [-0.39, 0.29) is 11.9 Å². The topological polar surface area (TPSA) is 66.5 Å². The Kier molecular flexibility index (Phi) is 4.68. The Morgan fingerprint density at radius 1 is 1.24 bits per heavy atom. The van der Waals surface area contributed by atoms with Crippen molar-refractivity contribution in [1.29, 1.82) is 0 Å². The van der Waals surface area contributed by atoms with Crippen molar-refractivity contribution in [3.05, 3.63) is 29.3 Å². The Hall–Kier alpha value is -1.40. The van der Waals surface area contributed by atoms with Crippen LogP contribution < -0.4 is 4.72 Å². The Bertz CT molecular complexity index is 620. The molecule has 0 aromatic heterocycles. The van der Waals surface area contributed by atoms with Crippen LogP contribution >= 0.6 is 0 Å². The van der Waals surface area contributed by atoms with E-state index in [1.54, 1.807) is 17.0 Å². The fourth-order valence-electron chi connectivity index (χ4n) is 2.73. The molecule has 1 aliphatic heterocycles. The lowest BCUT2D eigenvalue weighted by molar-refractivity contribution is -0.130. The Morgan fingerprint density at radius 3 is 2.43 bits per heavy atom. The molecule has 0 radical (unpaired) electrons. The molecule has 116 valence electrons. The van der Waals surface area contributed by atoms with E-state index in [0.717, 1.165) is 24.0 Å². The maximum absolute atomic E-state index is 12.5. The van der Waals surface area contributed by atoms with Crippen molar-refractivity contribution in [3.63, 3.8) is 0 Å². The number of aryl methyl sites for hydroxylation is 2. The van der Waals surface area contributed by atoms with Gasteiger partial charge in [0.25, 0.3) is 0 Å². The summed E-state index contributed by atoms with van der Waals surface area (Å²) < 4.78 is 27.7. The van der Waals surface area contributed by atoms with E-state index in [0.29, 0.717) is 18.0 Å². The van der Waals surface area contributed by atoms with E-state index in [2.05, 4.69) is 4.72 Å². The number of likely N-dealkylation sites (tertiary alicyclic amines) is 1. The molecular formula is C15H22N2O3S. The van der Waals surface area contributed by atoms with Gasteiger partial charge in [-0.25, -0.2) is 13.1 Å². The van der Waals surface area contributed by atoms with E-state index in [4.69, 9.17) is 0 Å². The fraction of sp³-hybridized carbons (Fsp3) is 0.533. The van der Waals surface area contributed by atoms with Gasteiger partial charge in [-0.05, 0) is 49.9 Å². The normalized spacial score (nSPS) is 19.6. The highest BCUT2D eigenvalue weighted by Crippen LogP contribution is 2.17. The minimum absolute atomic E-state index is 0.00898. The fourth-order valence-corrected chi connectivity index (χ4v) is 4.18. The Morgan fingerprint density at radius 2 is 1.86 bits per heavy atom. The van der Waals surface area contributed by atoms with Crippen molar-refractivity contribution in [2.45, 2.75) is 44.6 Å². The van der Waals surface area contributed by atoms with Crippen molar-refractivity contribution in [2.75, 3.05) is 13.1 Å². The van der Waals surface area contributed by atoms with Crippen molar-refractivity contribution in [2.24, 2.45) is 0 Å². The van der Waals surface area contributed by atoms with Crippen LogP contribution in [0.25, 0.3) is 0 Å². The second kappa shape index (κ2) is 6.15. The third kappa shape index (κ3) is 4.04. The molecule has 1 aliphatic rings. The van der Waals surface area contributed by atoms with Crippen LogP contribution in [-0.4, -0.2) is 38.4 Å². The summed E-state index contributed by atoms with van der Waals surface area (Å²) in [5.74, 6) is -0.00898. The van der Waals surface area contributed by atoms with Gasteiger partial charge >= 0.3 is 0 Å². The highest BCUT2D eigenvalue weighted by molar-refractivity contribution is 7.89. The molecule has 0 saturated carbocycles. The first-order valence-corrected chi connectivity index (χ1v) is 8.62. The molecule has 1 heterocycles. The molecule has 5 nitrogen and oxygen atoms in total. The van der Waals surface area contributed by atoms with E-state index in [1.807, 2.05) is 19.9 Å². The van der Waals surface area contributed by atoms with Crippen LogP contribution in [0.15, 0.2) is 23.1 Å². The van der Waals surface area contributed by atoms with Crippen molar-refractivity contribution in [1.82, 2.24) is 9.62 Å². The van der Waals surface area contributed by atoms with Gasteiger partial charge in [0.05, 0.1) is 4.90 Å². The molecule has 2 rings (SSSR count). The first kappa shape index (κ1) is 16.0. The predicted octanol–water partition coefficient (Wildman–Crippen LogP) is 1.59. The Balaban J connectivity index is 2.15. The average Bonchev–Trinajstić information content (AvgIpc) is 2.37. The first-order valence-electron chi connectivity index (χ1n) is 7.14. The van der Waals surface area contributed by atoms with Gasteiger partial charge in [-0.1, -0.05) is 6.07 Å². The summed E-state index contributed by atoms with van der Waals surface area (Å²) in [6.07, 6.45) is 1.58. The van der Waals surface area contributed by atoms with Gasteiger partial charge in [0.1, 0.15) is 0 Å². The minimum Gasteiger partial charge on any atom is -0.341 e. The van der Waals surface area contributed by atoms with Gasteiger partial charge in [-0.3, -0.25) is 4.79 Å². The molecule has 1 atom stereocenters. The van der Waals surface area contributed by atoms with E-state index < -0.39 is 10.0 Å². The largest absolute Gasteiger partial charge is 0.341 e. The molecule has 6 heteroatoms. The zero-order valence-corrected chi connectivity index (χ0v) is 13.5. The molecule has 0 bridgehead atoms. The summed E-state index contributed by atoms with van der Waals surface area (Å²) in [7, 11) is -3.54. The number of nitrogens with zero attached hydrogens (tertiary/aromatic N) is 1. The number of carbonyl (C=O) groups excluding carboxylic acids is 1. The monoisotopic (exact) mass is 310 g/mol. The summed E-state index contributed by atoms with van der Waals surface area (Å²) in [5, 5.41) is 0. The van der Waals surface area contributed by atoms with Crippen LogP contribution in [0.2, 0.25) is 0 Å². The van der Waals surface area contributed by atoms with Crippen molar-refractivity contribution >= 4 is 15.9 Å². The van der Waals surface area contributed by atoms with Crippen LogP contribution in [-0.2, 0) is 14.8 Å². The molecule has 1 aromatic rings. The SMILES string of the molecule is CC(=O)N1CCC[C@@H](NS(=O)(=O)c2cc(C)cc(C)c2)C1. The van der Waals surface area contributed by atoms with Gasteiger partial charge in [-0.15, -0.1) is 0 Å². The number of carbonyl (C=O) groups is 1. The molecule has 1 amide bonds. The number of rotatable bonds is 3. The summed E-state index contributed by atoms with van der Waals surface area (Å²) in [6, 6.07) is 5.06. The summed E-state index contributed by atoms with van der Waals surface area (Å²) in [6.45, 7) is 6.42. The molecule has 1 saturated heterocycles. The summed E-state index contributed by atoms with van der Waals surface area (Å²) in [4.78, 5) is 13.4. The quantitative estimate of drug-likeness (QED) is 0.922. The van der Waals surface area contributed by atoms with Gasteiger partial charge in [0.2, 0.25) is 15.9 Å². The molecule has 21 heavy (non-hydrogen) atoms. The van der Waals surface area contributed by atoms with Crippen LogP contribution in [0.3, 0.4) is 0 Å². The average molecular weight is 310 g/mol. The number of hydrogen-bond donors (Lipinski definition) is 1. The molecule has 0 aliphatic carbocycles. The summed E-state index contributed by atoms with van der Waals surface area (Å²) >= 11 is 0. The summed E-state index contributed by atoms with van der Waals surface area (Å²) in [5.41, 5.74) is 1.84. The standard InChI is InChI=1S/C15H22N2O3S/c1-11-7-12(2)9-15(8-11)21(19,20)16-14-5-4-6-17(10-14)13(3)18/h7-9,14,16H,4-6,10H2,1-3H3/t14-/m1/s1. The number of nitrogens with one attached hydrogen (secondary N) is 1. The highest BCUT2D eigenvalue weighted by atomic mass is 32.2. The van der Waals surface area contributed by atoms with Gasteiger partial charge in [-0.2, -0.15) is 0 Å². The molecule has 1 aromatic carbocycles. The zero-order chi connectivity index (χ0) is 15.6. The molecule has 0 unspecified atom stereocenters. The lowest BCUT2D eigenvalue weighted by atomic mass is 10.1. The molecule has 0 spiro atoms. The van der Waals surface area contributed by atoms with Gasteiger partial charge in [0.15, 0.2) is 0 Å². The Labute approximate surface area is 126 Å². The number of hydrogen-bond acceptors (Lipinski definition) is 3. The second-order valence-electron chi connectivity index (χ2n) is 5.75. The highest BCUT2D eigenvalue weighted by Gasteiger charge is 2.26. The third-order valence-corrected chi connectivity index (χ3v) is 5.19. The number of amides is 1. The van der Waals surface area contributed by atoms with Crippen LogP contribution in [0, 0.1) is 13.8 Å². The van der Waals surface area contributed by atoms with E-state index in [1.165, 1.54) is 6.92 Å². The molecule has 1 N–H and O–H groups in total. The zero-order valence-electron chi connectivity index (χ0n) is 12.7. The molecule has 1 fully saturated rings. The van der Waals surface area contributed by atoms with Crippen LogP contribution in [0.5, 0.6) is 0 Å². The lowest BCUT2D eigenvalue weighted by Gasteiger charge is -2.32. The second-order valence-corrected chi connectivity index (χ2v) is 7.46. The minimum atomic E-state index is -3.54. The maximum atomic E-state index is 12.5. The number of piperidine rings is 1. The lowest BCUT2D eigenvalue weighted by Crippen LogP contribution is -2.48. The molecular weight excluding hydrogens is 288 g/mol. The number of sulfonamides is 1. The van der Waals surface area contributed by atoms with Crippen molar-refractivity contribution in [3.8, 4) is 0 Å². The van der Waals surface area contributed by atoms with Gasteiger partial charge < -0.3 is 4.90 Å². The smallest absolute Gasteiger partial charge is 0.240 e.